The van der Waals surface area contributed by atoms with Gasteiger partial charge in [-0.3, -0.25) is 0 Å². The zero-order valence-corrected chi connectivity index (χ0v) is 16.6. The summed E-state index contributed by atoms with van der Waals surface area (Å²) in [6.45, 7) is 10.1. The summed E-state index contributed by atoms with van der Waals surface area (Å²) in [5.74, 6) is 3.17. The molecule has 0 saturated carbocycles. The van der Waals surface area contributed by atoms with Crippen LogP contribution in [0.1, 0.15) is 38.1 Å². The zero-order valence-electron chi connectivity index (χ0n) is 16.6. The van der Waals surface area contributed by atoms with Gasteiger partial charge in [0.2, 0.25) is 5.88 Å². The van der Waals surface area contributed by atoms with E-state index in [1.54, 1.807) is 6.20 Å². The Morgan fingerprint density at radius 2 is 1.89 bits per heavy atom. The van der Waals surface area contributed by atoms with Crippen LogP contribution in [0.25, 0.3) is 0 Å². The first-order valence-electron chi connectivity index (χ1n) is 9.40. The van der Waals surface area contributed by atoms with Crippen LogP contribution in [0.2, 0.25) is 0 Å². The molecular formula is C20H29N5O2. The Kier molecular flexibility index (Phi) is 5.79. The third kappa shape index (κ3) is 5.53. The van der Waals surface area contributed by atoms with E-state index in [0.29, 0.717) is 12.5 Å². The molecule has 0 amide bonds. The molecule has 27 heavy (non-hydrogen) atoms. The molecule has 1 fully saturated rings. The molecule has 0 unspecified atom stereocenters. The molecule has 0 bridgehead atoms. The first kappa shape index (κ1) is 19.4. The van der Waals surface area contributed by atoms with E-state index in [1.165, 1.54) is 0 Å². The molecule has 2 aromatic heterocycles. The van der Waals surface area contributed by atoms with Crippen LogP contribution in [0.15, 0.2) is 24.5 Å². The molecule has 2 N–H and O–H groups in total. The fraction of sp³-hybridized carbons (Fsp3) is 0.550. The Morgan fingerprint density at radius 1 is 1.15 bits per heavy atom. The molecule has 7 heteroatoms. The van der Waals surface area contributed by atoms with Gasteiger partial charge in [-0.2, -0.15) is 0 Å². The summed E-state index contributed by atoms with van der Waals surface area (Å²) in [6, 6.07) is 3.72. The zero-order chi connectivity index (χ0) is 19.4. The number of aryl methyl sites for hydroxylation is 2. The van der Waals surface area contributed by atoms with Crippen molar-refractivity contribution in [2.75, 3.05) is 24.6 Å². The summed E-state index contributed by atoms with van der Waals surface area (Å²) < 4.78 is 11.7. The highest BCUT2D eigenvalue weighted by molar-refractivity contribution is 5.45. The van der Waals surface area contributed by atoms with Crippen molar-refractivity contribution in [3.05, 3.63) is 35.9 Å². The lowest BCUT2D eigenvalue weighted by Crippen LogP contribution is -2.39. The second-order valence-electron chi connectivity index (χ2n) is 7.84. The van der Waals surface area contributed by atoms with Gasteiger partial charge in [0.25, 0.3) is 0 Å². The van der Waals surface area contributed by atoms with Crippen molar-refractivity contribution in [1.82, 2.24) is 15.0 Å². The normalized spacial score (nSPS) is 15.7. The molecule has 2 aromatic rings. The summed E-state index contributed by atoms with van der Waals surface area (Å²) in [4.78, 5) is 15.5. The van der Waals surface area contributed by atoms with Crippen LogP contribution in [0.5, 0.6) is 11.6 Å². The van der Waals surface area contributed by atoms with Crippen molar-refractivity contribution in [3.8, 4) is 11.6 Å². The minimum absolute atomic E-state index is 0.182. The number of piperidine rings is 1. The molecule has 1 aliphatic heterocycles. The number of hydrogen-bond acceptors (Lipinski definition) is 7. The second-order valence-corrected chi connectivity index (χ2v) is 7.84. The van der Waals surface area contributed by atoms with E-state index in [-0.39, 0.29) is 11.6 Å². The Bertz CT molecular complexity index is 750. The molecule has 1 aliphatic rings. The van der Waals surface area contributed by atoms with Gasteiger partial charge in [-0.05, 0) is 33.8 Å². The summed E-state index contributed by atoms with van der Waals surface area (Å²) in [6.07, 6.45) is 5.68. The topological polar surface area (TPSA) is 86.4 Å². The lowest BCUT2D eigenvalue weighted by Gasteiger charge is -2.33. The summed E-state index contributed by atoms with van der Waals surface area (Å²) >= 11 is 0. The quantitative estimate of drug-likeness (QED) is 0.835. The first-order valence-corrected chi connectivity index (χ1v) is 9.40. The molecule has 0 radical (unpaired) electrons. The lowest BCUT2D eigenvalue weighted by molar-refractivity contribution is 0.169. The van der Waals surface area contributed by atoms with Crippen LogP contribution in [-0.4, -0.2) is 46.3 Å². The molecular weight excluding hydrogens is 342 g/mol. The maximum atomic E-state index is 6.09. The molecule has 0 aliphatic carbocycles. The molecule has 7 nitrogen and oxygen atoms in total. The van der Waals surface area contributed by atoms with Crippen LogP contribution in [0.3, 0.4) is 0 Å². The smallest absolute Gasteiger partial charge is 0.213 e. The molecule has 0 atom stereocenters. The summed E-state index contributed by atoms with van der Waals surface area (Å²) in [7, 11) is 0. The van der Waals surface area contributed by atoms with Crippen LogP contribution in [0, 0.1) is 13.8 Å². The number of anilines is 1. The first-order chi connectivity index (χ1) is 12.8. The van der Waals surface area contributed by atoms with Gasteiger partial charge >= 0.3 is 0 Å². The third-order valence-corrected chi connectivity index (χ3v) is 4.41. The minimum atomic E-state index is -0.384. The van der Waals surface area contributed by atoms with Gasteiger partial charge in [0.05, 0.1) is 6.20 Å². The lowest BCUT2D eigenvalue weighted by atomic mass is 10.1. The van der Waals surface area contributed by atoms with Crippen molar-refractivity contribution in [2.24, 2.45) is 5.73 Å². The van der Waals surface area contributed by atoms with E-state index in [1.807, 2.05) is 39.1 Å². The number of pyridine rings is 1. The highest BCUT2D eigenvalue weighted by Crippen LogP contribution is 2.24. The maximum Gasteiger partial charge on any atom is 0.213 e. The van der Waals surface area contributed by atoms with E-state index in [4.69, 9.17) is 15.2 Å². The number of ether oxygens (including phenoxy) is 2. The third-order valence-electron chi connectivity index (χ3n) is 4.41. The predicted octanol–water partition coefficient (Wildman–Crippen LogP) is 2.65. The second kappa shape index (κ2) is 8.08. The van der Waals surface area contributed by atoms with Crippen LogP contribution in [-0.2, 0) is 0 Å². The van der Waals surface area contributed by atoms with E-state index < -0.39 is 0 Å². The van der Waals surface area contributed by atoms with Crippen molar-refractivity contribution < 1.29 is 9.47 Å². The van der Waals surface area contributed by atoms with Crippen molar-refractivity contribution in [1.29, 1.82) is 0 Å². The molecule has 3 rings (SSSR count). The van der Waals surface area contributed by atoms with E-state index >= 15 is 0 Å². The minimum Gasteiger partial charge on any atom is -0.489 e. The van der Waals surface area contributed by atoms with Gasteiger partial charge in [-0.1, -0.05) is 0 Å². The maximum absolute atomic E-state index is 6.09. The molecule has 146 valence electrons. The number of nitrogens with two attached hydrogens (primary N) is 1. The van der Waals surface area contributed by atoms with Gasteiger partial charge < -0.3 is 20.1 Å². The fourth-order valence-electron chi connectivity index (χ4n) is 3.00. The van der Waals surface area contributed by atoms with Gasteiger partial charge in [-0.25, -0.2) is 15.0 Å². The summed E-state index contributed by atoms with van der Waals surface area (Å²) in [5, 5.41) is 0. The Labute approximate surface area is 160 Å². The standard InChI is InChI=1S/C20H29N5O2/c1-14-11-22-15(2)24-19(14)25-9-7-16(8-10-25)27-17-5-6-18(23-12-17)26-13-20(3,4)21/h5-6,11-12,16H,7-10,13,21H2,1-4H3. The number of aromatic nitrogens is 3. The van der Waals surface area contributed by atoms with E-state index in [2.05, 4.69) is 26.8 Å². The fourth-order valence-corrected chi connectivity index (χ4v) is 3.00. The average molecular weight is 371 g/mol. The number of nitrogens with zero attached hydrogens (tertiary/aromatic N) is 4. The molecule has 3 heterocycles. The van der Waals surface area contributed by atoms with E-state index in [0.717, 1.165) is 48.9 Å². The van der Waals surface area contributed by atoms with Gasteiger partial charge in [0.1, 0.15) is 30.1 Å². The highest BCUT2D eigenvalue weighted by atomic mass is 16.5. The Hall–Kier alpha value is -2.41. The SMILES string of the molecule is Cc1ncc(C)c(N2CCC(Oc3ccc(OCC(C)(C)N)nc3)CC2)n1. The molecule has 0 aromatic carbocycles. The molecule has 1 saturated heterocycles. The molecule has 0 spiro atoms. The van der Waals surface area contributed by atoms with Crippen molar-refractivity contribution in [3.63, 3.8) is 0 Å². The Balaban J connectivity index is 1.51. The van der Waals surface area contributed by atoms with Crippen LogP contribution >= 0.6 is 0 Å². The number of hydrogen-bond donors (Lipinski definition) is 1. The van der Waals surface area contributed by atoms with Crippen molar-refractivity contribution in [2.45, 2.75) is 52.2 Å². The highest BCUT2D eigenvalue weighted by Gasteiger charge is 2.23. The van der Waals surface area contributed by atoms with Gasteiger partial charge in [0, 0.05) is 49.3 Å². The Morgan fingerprint density at radius 3 is 2.52 bits per heavy atom. The van der Waals surface area contributed by atoms with Gasteiger partial charge in [0.15, 0.2) is 0 Å². The predicted molar refractivity (Wildman–Crippen MR) is 105 cm³/mol. The largest absolute Gasteiger partial charge is 0.489 e. The van der Waals surface area contributed by atoms with E-state index in [9.17, 15) is 0 Å². The monoisotopic (exact) mass is 371 g/mol. The van der Waals surface area contributed by atoms with Crippen LogP contribution in [0.4, 0.5) is 5.82 Å². The number of rotatable bonds is 6. The van der Waals surface area contributed by atoms with Crippen LogP contribution < -0.4 is 20.1 Å². The average Bonchev–Trinajstić information content (AvgIpc) is 2.63. The summed E-state index contributed by atoms with van der Waals surface area (Å²) in [5.41, 5.74) is 6.65. The van der Waals surface area contributed by atoms with Crippen molar-refractivity contribution >= 4 is 5.82 Å². The van der Waals surface area contributed by atoms with Gasteiger partial charge in [-0.15, -0.1) is 0 Å².